The molecule has 0 spiro atoms. The van der Waals surface area contributed by atoms with Gasteiger partial charge in [0, 0.05) is 16.2 Å². The second-order valence-corrected chi connectivity index (χ2v) is 7.25. The Bertz CT molecular complexity index is 873. The van der Waals surface area contributed by atoms with Crippen LogP contribution in [0.2, 0.25) is 0 Å². The number of hydrogen-bond donors (Lipinski definition) is 0. The van der Waals surface area contributed by atoms with Gasteiger partial charge in [0.15, 0.2) is 0 Å². The summed E-state index contributed by atoms with van der Waals surface area (Å²) in [6.45, 7) is 0. The highest BCUT2D eigenvalue weighted by Crippen LogP contribution is 2.37. The van der Waals surface area contributed by atoms with Crippen molar-refractivity contribution in [1.29, 1.82) is 0 Å². The van der Waals surface area contributed by atoms with Crippen LogP contribution in [0.15, 0.2) is 47.4 Å². The van der Waals surface area contributed by atoms with E-state index in [-0.39, 0.29) is 11.1 Å². The van der Waals surface area contributed by atoms with E-state index in [2.05, 4.69) is 4.74 Å². The molecular formula is C14H7ClF6O3S. The monoisotopic (exact) mass is 404 g/mol. The third kappa shape index (κ3) is 5.02. The van der Waals surface area contributed by atoms with Crippen LogP contribution in [0.25, 0.3) is 11.1 Å². The summed E-state index contributed by atoms with van der Waals surface area (Å²) in [6, 6.07) is 5.79. The van der Waals surface area contributed by atoms with Crippen molar-refractivity contribution in [2.45, 2.75) is 17.4 Å². The maximum Gasteiger partial charge on any atom is 0.573 e. The molecule has 0 radical (unpaired) electrons. The molecule has 0 fully saturated rings. The number of hydrogen-bond acceptors (Lipinski definition) is 3. The first-order valence-electron chi connectivity index (χ1n) is 6.29. The summed E-state index contributed by atoms with van der Waals surface area (Å²) in [5.41, 5.74) is -1.38. The number of benzene rings is 2. The number of rotatable bonds is 3. The quantitative estimate of drug-likeness (QED) is 0.522. The first-order chi connectivity index (χ1) is 11.3. The van der Waals surface area contributed by atoms with Crippen LogP contribution in [0.5, 0.6) is 5.75 Å². The van der Waals surface area contributed by atoms with Crippen molar-refractivity contribution >= 4 is 19.7 Å². The van der Waals surface area contributed by atoms with Crippen LogP contribution in [0.4, 0.5) is 26.3 Å². The minimum Gasteiger partial charge on any atom is -0.406 e. The number of alkyl halides is 6. The van der Waals surface area contributed by atoms with E-state index in [4.69, 9.17) is 10.7 Å². The summed E-state index contributed by atoms with van der Waals surface area (Å²) < 4.78 is 101. The summed E-state index contributed by atoms with van der Waals surface area (Å²) in [7, 11) is 0.643. The minimum absolute atomic E-state index is 0.0440. The van der Waals surface area contributed by atoms with Crippen molar-refractivity contribution in [1.82, 2.24) is 0 Å². The van der Waals surface area contributed by atoms with Gasteiger partial charge in [0.25, 0.3) is 9.05 Å². The van der Waals surface area contributed by atoms with Gasteiger partial charge in [-0.05, 0) is 29.8 Å². The molecule has 0 heterocycles. The largest absolute Gasteiger partial charge is 0.573 e. The predicted molar refractivity (Wildman–Crippen MR) is 76.6 cm³/mol. The Hall–Kier alpha value is -1.94. The molecule has 2 aromatic rings. The van der Waals surface area contributed by atoms with Crippen LogP contribution >= 0.6 is 10.7 Å². The molecule has 0 saturated carbocycles. The van der Waals surface area contributed by atoms with Gasteiger partial charge in [-0.2, -0.15) is 13.2 Å². The molecule has 0 saturated heterocycles. The molecule has 0 unspecified atom stereocenters. The van der Waals surface area contributed by atoms with E-state index in [1.54, 1.807) is 0 Å². The van der Waals surface area contributed by atoms with Crippen molar-refractivity contribution < 1.29 is 39.5 Å². The summed E-state index contributed by atoms with van der Waals surface area (Å²) in [5, 5.41) is 0. The molecule has 2 rings (SSSR count). The Labute approximate surface area is 142 Å². The van der Waals surface area contributed by atoms with Crippen molar-refractivity contribution in [3.8, 4) is 16.9 Å². The Morgan fingerprint density at radius 3 is 1.88 bits per heavy atom. The fourth-order valence-electron chi connectivity index (χ4n) is 1.98. The highest BCUT2D eigenvalue weighted by molar-refractivity contribution is 8.13. The number of halogens is 7. The van der Waals surface area contributed by atoms with E-state index < -0.39 is 37.8 Å². The lowest BCUT2D eigenvalue weighted by atomic mass is 10.0. The van der Waals surface area contributed by atoms with E-state index in [1.807, 2.05) is 0 Å². The third-order valence-corrected chi connectivity index (χ3v) is 4.33. The molecule has 0 aliphatic rings. The smallest absolute Gasteiger partial charge is 0.406 e. The zero-order valence-corrected chi connectivity index (χ0v) is 13.4. The minimum atomic E-state index is -4.92. The molecule has 25 heavy (non-hydrogen) atoms. The molecule has 0 amide bonds. The van der Waals surface area contributed by atoms with Crippen LogP contribution in [0.3, 0.4) is 0 Å². The van der Waals surface area contributed by atoms with Crippen LogP contribution < -0.4 is 4.74 Å². The molecule has 0 atom stereocenters. The molecule has 0 aromatic heterocycles. The molecule has 2 aromatic carbocycles. The second kappa shape index (κ2) is 6.41. The van der Waals surface area contributed by atoms with Crippen molar-refractivity contribution in [2.75, 3.05) is 0 Å². The molecule has 0 aliphatic heterocycles. The maximum absolute atomic E-state index is 12.7. The molecule has 3 nitrogen and oxygen atoms in total. The Morgan fingerprint density at radius 2 is 1.44 bits per heavy atom. The summed E-state index contributed by atoms with van der Waals surface area (Å²) in [4.78, 5) is -0.812. The first kappa shape index (κ1) is 19.4. The van der Waals surface area contributed by atoms with Gasteiger partial charge in [-0.3, -0.25) is 0 Å². The second-order valence-electron chi connectivity index (χ2n) is 4.72. The maximum atomic E-state index is 12.7. The standard InChI is InChI=1S/C14H7ClF6O3S/c15-25(22,23)12-7-9(13(16,17)18)3-6-11(12)8-1-4-10(5-2-8)24-14(19,20)21/h1-7H. The fourth-order valence-corrected chi connectivity index (χ4v) is 3.07. The Kier molecular flexibility index (Phi) is 4.97. The Balaban J connectivity index is 2.52. The van der Waals surface area contributed by atoms with Gasteiger partial charge in [0.05, 0.1) is 10.5 Å². The molecule has 0 aliphatic carbocycles. The lowest BCUT2D eigenvalue weighted by Crippen LogP contribution is -2.16. The predicted octanol–water partition coefficient (Wildman–Crippen LogP) is 5.20. The fraction of sp³-hybridized carbons (Fsp3) is 0.143. The normalized spacial score (nSPS) is 12.9. The van der Waals surface area contributed by atoms with E-state index in [1.165, 1.54) is 0 Å². The average Bonchev–Trinajstić information content (AvgIpc) is 2.44. The van der Waals surface area contributed by atoms with E-state index >= 15 is 0 Å². The average molecular weight is 405 g/mol. The van der Waals surface area contributed by atoms with Gasteiger partial charge < -0.3 is 4.74 Å². The lowest BCUT2D eigenvalue weighted by molar-refractivity contribution is -0.274. The highest BCUT2D eigenvalue weighted by atomic mass is 35.7. The van der Waals surface area contributed by atoms with Crippen LogP contribution in [0.1, 0.15) is 5.56 Å². The van der Waals surface area contributed by atoms with Crippen molar-refractivity contribution in [3.63, 3.8) is 0 Å². The molecule has 0 N–H and O–H groups in total. The van der Waals surface area contributed by atoms with Crippen molar-refractivity contribution in [2.24, 2.45) is 0 Å². The zero-order valence-electron chi connectivity index (χ0n) is 11.8. The van der Waals surface area contributed by atoms with Gasteiger partial charge in [0.1, 0.15) is 5.75 Å². The Morgan fingerprint density at radius 1 is 0.880 bits per heavy atom. The third-order valence-electron chi connectivity index (χ3n) is 2.97. The van der Waals surface area contributed by atoms with Gasteiger partial charge >= 0.3 is 12.5 Å². The topological polar surface area (TPSA) is 43.4 Å². The number of ether oxygens (including phenoxy) is 1. The van der Waals surface area contributed by atoms with Crippen molar-refractivity contribution in [3.05, 3.63) is 48.0 Å². The van der Waals surface area contributed by atoms with Gasteiger partial charge in [-0.25, -0.2) is 8.42 Å². The van der Waals surface area contributed by atoms with Gasteiger partial charge in [-0.1, -0.05) is 18.2 Å². The SMILES string of the molecule is O=S(=O)(Cl)c1cc(C(F)(F)F)ccc1-c1ccc(OC(F)(F)F)cc1. The van der Waals surface area contributed by atoms with Gasteiger partial charge in [-0.15, -0.1) is 13.2 Å². The van der Waals surface area contributed by atoms with E-state index in [9.17, 15) is 34.8 Å². The molecule has 11 heteroatoms. The zero-order chi connectivity index (χ0) is 19.0. The molecule has 136 valence electrons. The van der Waals surface area contributed by atoms with E-state index in [0.717, 1.165) is 30.3 Å². The van der Waals surface area contributed by atoms with E-state index in [0.29, 0.717) is 12.1 Å². The lowest BCUT2D eigenvalue weighted by Gasteiger charge is -2.13. The van der Waals surface area contributed by atoms with Crippen LogP contribution in [-0.4, -0.2) is 14.8 Å². The van der Waals surface area contributed by atoms with Gasteiger partial charge in [0.2, 0.25) is 0 Å². The first-order valence-corrected chi connectivity index (χ1v) is 8.60. The highest BCUT2D eigenvalue weighted by Gasteiger charge is 2.33. The van der Waals surface area contributed by atoms with Crippen LogP contribution in [0, 0.1) is 0 Å². The summed E-state index contributed by atoms with van der Waals surface area (Å²) in [6.07, 6.45) is -9.71. The molecular weight excluding hydrogens is 398 g/mol. The summed E-state index contributed by atoms with van der Waals surface area (Å²) in [5.74, 6) is -0.571. The summed E-state index contributed by atoms with van der Waals surface area (Å²) >= 11 is 0. The van der Waals surface area contributed by atoms with Crippen LogP contribution in [-0.2, 0) is 15.2 Å². The molecule has 0 bridgehead atoms.